The molecule has 0 atom stereocenters. The second-order valence-electron chi connectivity index (χ2n) is 2.05. The second-order valence-corrected chi connectivity index (χ2v) is 4.17. The molecular formula is C6H16O2Si. The molecule has 9 heavy (non-hydrogen) atoms. The van der Waals surface area contributed by atoms with E-state index in [4.69, 9.17) is 4.89 Å². The van der Waals surface area contributed by atoms with Gasteiger partial charge in [0.1, 0.15) is 0 Å². The van der Waals surface area contributed by atoms with E-state index in [1.807, 2.05) is 0 Å². The molecule has 0 aromatic rings. The highest BCUT2D eigenvalue weighted by molar-refractivity contribution is 6.35. The minimum Gasteiger partial charge on any atom is -0.240 e. The van der Waals surface area contributed by atoms with Gasteiger partial charge < -0.3 is 0 Å². The molecule has 0 unspecified atom stereocenters. The van der Waals surface area contributed by atoms with E-state index >= 15 is 0 Å². The van der Waals surface area contributed by atoms with Gasteiger partial charge in [-0.25, -0.2) is 9.78 Å². The average molecular weight is 148 g/mol. The van der Waals surface area contributed by atoms with E-state index in [9.17, 15) is 0 Å². The summed E-state index contributed by atoms with van der Waals surface area (Å²) in [7, 11) is 1.74. The van der Waals surface area contributed by atoms with Crippen molar-refractivity contribution in [2.24, 2.45) is 0 Å². The van der Waals surface area contributed by atoms with Gasteiger partial charge in [0.05, 0.1) is 13.7 Å². The Morgan fingerprint density at radius 1 is 1.33 bits per heavy atom. The van der Waals surface area contributed by atoms with E-state index in [-0.39, 0.29) is 9.52 Å². The lowest BCUT2D eigenvalue weighted by atomic mass is 10.6. The fourth-order valence-corrected chi connectivity index (χ4v) is 1.85. The summed E-state index contributed by atoms with van der Waals surface area (Å²) < 4.78 is 0. The van der Waals surface area contributed by atoms with Gasteiger partial charge in [-0.05, 0) is 6.04 Å². The Labute approximate surface area is 59.3 Å². The van der Waals surface area contributed by atoms with Crippen molar-refractivity contribution in [1.82, 2.24) is 0 Å². The SMILES string of the molecule is CCC[SiH2]CCOOC. The third-order valence-corrected chi connectivity index (χ3v) is 3.19. The van der Waals surface area contributed by atoms with Crippen LogP contribution in [0.25, 0.3) is 0 Å². The average Bonchev–Trinajstić information content (AvgIpc) is 1.89. The molecule has 0 amide bonds. The van der Waals surface area contributed by atoms with Crippen LogP contribution >= 0.6 is 0 Å². The molecule has 0 saturated heterocycles. The maximum absolute atomic E-state index is 4.71. The Bertz CT molecular complexity index is 44.3. The maximum Gasteiger partial charge on any atom is 0.0793 e. The molecule has 2 nitrogen and oxygen atoms in total. The first-order valence-corrected chi connectivity index (χ1v) is 5.57. The van der Waals surface area contributed by atoms with Crippen LogP contribution in [0.5, 0.6) is 0 Å². The van der Waals surface area contributed by atoms with Gasteiger partial charge in [0.2, 0.25) is 0 Å². The van der Waals surface area contributed by atoms with Gasteiger partial charge in [-0.2, -0.15) is 0 Å². The Morgan fingerprint density at radius 3 is 2.67 bits per heavy atom. The van der Waals surface area contributed by atoms with Gasteiger partial charge in [0.15, 0.2) is 0 Å². The maximum atomic E-state index is 4.71. The first kappa shape index (κ1) is 9.14. The first-order valence-electron chi connectivity index (χ1n) is 3.57. The predicted molar refractivity (Wildman–Crippen MR) is 41.4 cm³/mol. The molecule has 0 spiro atoms. The molecule has 0 N–H and O–H groups in total. The molecule has 0 rings (SSSR count). The lowest BCUT2D eigenvalue weighted by Crippen LogP contribution is -1.96. The van der Waals surface area contributed by atoms with E-state index in [0.29, 0.717) is 0 Å². The monoisotopic (exact) mass is 148 g/mol. The zero-order chi connectivity index (χ0) is 6.95. The van der Waals surface area contributed by atoms with Gasteiger partial charge in [0, 0.05) is 9.52 Å². The van der Waals surface area contributed by atoms with Crippen molar-refractivity contribution in [2.75, 3.05) is 13.7 Å². The number of hydrogen-bond donors (Lipinski definition) is 0. The number of rotatable bonds is 6. The lowest BCUT2D eigenvalue weighted by Gasteiger charge is -1.96. The molecule has 56 valence electrons. The highest BCUT2D eigenvalue weighted by Crippen LogP contribution is 1.90. The molecule has 3 heteroatoms. The molecule has 0 bridgehead atoms. The van der Waals surface area contributed by atoms with Gasteiger partial charge in [0.25, 0.3) is 0 Å². The largest absolute Gasteiger partial charge is 0.240 e. The van der Waals surface area contributed by atoms with Crippen LogP contribution in [-0.4, -0.2) is 23.2 Å². The van der Waals surface area contributed by atoms with Gasteiger partial charge in [-0.1, -0.05) is 19.4 Å². The van der Waals surface area contributed by atoms with Crippen LogP contribution in [-0.2, 0) is 9.78 Å². The Kier molecular flexibility index (Phi) is 8.26. The van der Waals surface area contributed by atoms with E-state index in [1.165, 1.54) is 18.5 Å². The summed E-state index contributed by atoms with van der Waals surface area (Å²) in [5, 5.41) is 0. The Balaban J connectivity index is 2.60. The van der Waals surface area contributed by atoms with Crippen molar-refractivity contribution < 1.29 is 9.78 Å². The third kappa shape index (κ3) is 8.14. The predicted octanol–water partition coefficient (Wildman–Crippen LogP) is 0.980. The van der Waals surface area contributed by atoms with Gasteiger partial charge in [-0.15, -0.1) is 0 Å². The van der Waals surface area contributed by atoms with Crippen molar-refractivity contribution in [3.8, 4) is 0 Å². The van der Waals surface area contributed by atoms with Gasteiger partial charge >= 0.3 is 0 Å². The van der Waals surface area contributed by atoms with Crippen LogP contribution in [0.2, 0.25) is 12.1 Å². The van der Waals surface area contributed by atoms with Crippen molar-refractivity contribution in [3.63, 3.8) is 0 Å². The summed E-state index contributed by atoms with van der Waals surface area (Å²) in [5.41, 5.74) is 0. The second kappa shape index (κ2) is 8.14. The quantitative estimate of drug-likeness (QED) is 0.242. The molecule has 0 aliphatic rings. The van der Waals surface area contributed by atoms with E-state index in [1.54, 1.807) is 7.11 Å². The normalized spacial score (nSPS) is 11.3. The smallest absolute Gasteiger partial charge is 0.0793 e. The Morgan fingerprint density at radius 2 is 2.11 bits per heavy atom. The lowest BCUT2D eigenvalue weighted by molar-refractivity contribution is -0.268. The summed E-state index contributed by atoms with van der Waals surface area (Å²) in [6.45, 7) is 3.02. The molecule has 0 aromatic heterocycles. The highest BCUT2D eigenvalue weighted by Gasteiger charge is 1.87. The highest BCUT2D eigenvalue weighted by atomic mass is 28.2. The van der Waals surface area contributed by atoms with Crippen LogP contribution < -0.4 is 0 Å². The van der Waals surface area contributed by atoms with Crippen LogP contribution in [0.15, 0.2) is 0 Å². The van der Waals surface area contributed by atoms with Crippen LogP contribution in [0, 0.1) is 0 Å². The molecule has 0 saturated carbocycles. The standard InChI is InChI=1S/C6H16O2Si/c1-3-5-9-6-4-8-7-2/h3-6,9H2,1-2H3. The molecule has 0 fully saturated rings. The van der Waals surface area contributed by atoms with Crippen molar-refractivity contribution in [2.45, 2.75) is 25.4 Å². The molecule has 0 aliphatic carbocycles. The minimum atomic E-state index is 0.186. The third-order valence-electron chi connectivity index (χ3n) is 1.20. The Hall–Kier alpha value is 0.137. The first-order chi connectivity index (χ1) is 4.41. The summed E-state index contributed by atoms with van der Waals surface area (Å²) in [4.78, 5) is 9.16. The summed E-state index contributed by atoms with van der Waals surface area (Å²) in [6.07, 6.45) is 1.33. The molecule has 0 radical (unpaired) electrons. The van der Waals surface area contributed by atoms with E-state index in [0.717, 1.165) is 6.61 Å². The zero-order valence-electron chi connectivity index (χ0n) is 6.35. The van der Waals surface area contributed by atoms with E-state index in [2.05, 4.69) is 11.8 Å². The molecule has 0 aromatic carbocycles. The van der Waals surface area contributed by atoms with Crippen molar-refractivity contribution in [1.29, 1.82) is 0 Å². The van der Waals surface area contributed by atoms with Crippen molar-refractivity contribution in [3.05, 3.63) is 0 Å². The van der Waals surface area contributed by atoms with E-state index < -0.39 is 0 Å². The minimum absolute atomic E-state index is 0.186. The summed E-state index contributed by atoms with van der Waals surface area (Å²) >= 11 is 0. The summed E-state index contributed by atoms with van der Waals surface area (Å²) in [5.74, 6) is 0. The fraction of sp³-hybridized carbons (Fsp3) is 1.00. The summed E-state index contributed by atoms with van der Waals surface area (Å²) in [6, 6.07) is 2.69. The van der Waals surface area contributed by atoms with Crippen LogP contribution in [0.3, 0.4) is 0 Å². The molecule has 0 heterocycles. The zero-order valence-corrected chi connectivity index (χ0v) is 7.77. The molecular weight excluding hydrogens is 132 g/mol. The van der Waals surface area contributed by atoms with Gasteiger partial charge in [-0.3, -0.25) is 0 Å². The fourth-order valence-electron chi connectivity index (χ4n) is 0.671. The van der Waals surface area contributed by atoms with Crippen LogP contribution in [0.1, 0.15) is 13.3 Å². The number of hydrogen-bond acceptors (Lipinski definition) is 2. The topological polar surface area (TPSA) is 18.5 Å². The van der Waals surface area contributed by atoms with Crippen molar-refractivity contribution >= 4 is 9.52 Å². The molecule has 0 aliphatic heterocycles. The van der Waals surface area contributed by atoms with Crippen LogP contribution in [0.4, 0.5) is 0 Å².